The maximum absolute atomic E-state index is 5.73. The minimum absolute atomic E-state index is 0.191. The van der Waals surface area contributed by atoms with Gasteiger partial charge in [0.1, 0.15) is 5.76 Å². The molecule has 2 rings (SSSR count). The molecule has 0 atom stereocenters. The first-order valence-electron chi connectivity index (χ1n) is 7.10. The fourth-order valence-corrected chi connectivity index (χ4v) is 1.86. The molecule has 0 aliphatic carbocycles. The quantitative estimate of drug-likeness (QED) is 0.789. The molecule has 0 unspecified atom stereocenters. The van der Waals surface area contributed by atoms with Crippen LogP contribution in [0.1, 0.15) is 32.4 Å². The van der Waals surface area contributed by atoms with Crippen molar-refractivity contribution >= 4 is 17.8 Å². The molecule has 8 heteroatoms. The molecule has 3 N–H and O–H groups in total. The van der Waals surface area contributed by atoms with Crippen LogP contribution in [-0.2, 0) is 13.0 Å². The SMILES string of the molecule is CCc1cnc(CNc2nc(N)nc(N(CC)CC)n2)o1. The van der Waals surface area contributed by atoms with Gasteiger partial charge in [0, 0.05) is 19.5 Å². The van der Waals surface area contributed by atoms with E-state index in [1.165, 1.54) is 0 Å². The Morgan fingerprint density at radius 1 is 1.19 bits per heavy atom. The average molecular weight is 291 g/mol. The van der Waals surface area contributed by atoms with Crippen LogP contribution < -0.4 is 16.0 Å². The van der Waals surface area contributed by atoms with Gasteiger partial charge < -0.3 is 20.4 Å². The van der Waals surface area contributed by atoms with Gasteiger partial charge in [0.15, 0.2) is 0 Å². The van der Waals surface area contributed by atoms with E-state index in [-0.39, 0.29) is 5.95 Å². The lowest BCUT2D eigenvalue weighted by atomic mass is 10.4. The highest BCUT2D eigenvalue weighted by molar-refractivity contribution is 5.41. The zero-order chi connectivity index (χ0) is 15.2. The van der Waals surface area contributed by atoms with Crippen LogP contribution in [0.4, 0.5) is 17.8 Å². The van der Waals surface area contributed by atoms with E-state index in [2.05, 4.69) is 25.3 Å². The number of nitrogen functional groups attached to an aromatic ring is 1. The van der Waals surface area contributed by atoms with Crippen LogP contribution in [-0.4, -0.2) is 33.0 Å². The van der Waals surface area contributed by atoms with Gasteiger partial charge >= 0.3 is 0 Å². The van der Waals surface area contributed by atoms with Gasteiger partial charge in [-0.05, 0) is 13.8 Å². The van der Waals surface area contributed by atoms with Crippen LogP contribution >= 0.6 is 0 Å². The summed E-state index contributed by atoms with van der Waals surface area (Å²) in [6.07, 6.45) is 2.54. The van der Waals surface area contributed by atoms with E-state index in [1.54, 1.807) is 6.20 Å². The molecule has 0 aliphatic heterocycles. The number of anilines is 3. The number of hydrogen-bond donors (Lipinski definition) is 2. The molecule has 2 aromatic rings. The highest BCUT2D eigenvalue weighted by Crippen LogP contribution is 2.12. The van der Waals surface area contributed by atoms with Gasteiger partial charge in [-0.25, -0.2) is 4.98 Å². The number of aromatic nitrogens is 4. The van der Waals surface area contributed by atoms with Crippen LogP contribution in [0.25, 0.3) is 0 Å². The summed E-state index contributed by atoms with van der Waals surface area (Å²) in [6, 6.07) is 0. The Kier molecular flexibility index (Phi) is 4.91. The summed E-state index contributed by atoms with van der Waals surface area (Å²) in [6.45, 7) is 8.10. The number of nitrogens with one attached hydrogen (secondary N) is 1. The van der Waals surface area contributed by atoms with E-state index in [0.717, 1.165) is 25.3 Å². The fraction of sp³-hybridized carbons (Fsp3) is 0.538. The van der Waals surface area contributed by atoms with Gasteiger partial charge in [0.25, 0.3) is 0 Å². The Hall–Kier alpha value is -2.38. The van der Waals surface area contributed by atoms with Crippen molar-refractivity contribution < 1.29 is 4.42 Å². The van der Waals surface area contributed by atoms with Crippen molar-refractivity contribution in [3.05, 3.63) is 17.8 Å². The van der Waals surface area contributed by atoms with E-state index in [4.69, 9.17) is 10.2 Å². The Bertz CT molecular complexity index is 580. The molecular formula is C13H21N7O. The molecular weight excluding hydrogens is 270 g/mol. The lowest BCUT2D eigenvalue weighted by Crippen LogP contribution is -2.25. The van der Waals surface area contributed by atoms with Gasteiger partial charge in [-0.3, -0.25) is 0 Å². The van der Waals surface area contributed by atoms with Crippen LogP contribution in [0, 0.1) is 0 Å². The fourth-order valence-electron chi connectivity index (χ4n) is 1.86. The molecule has 0 saturated heterocycles. The molecule has 21 heavy (non-hydrogen) atoms. The van der Waals surface area contributed by atoms with Crippen molar-refractivity contribution in [2.75, 3.05) is 29.0 Å². The average Bonchev–Trinajstić information content (AvgIpc) is 2.94. The second-order valence-electron chi connectivity index (χ2n) is 4.42. The Balaban J connectivity index is 2.08. The van der Waals surface area contributed by atoms with Gasteiger partial charge in [-0.2, -0.15) is 15.0 Å². The third-order valence-corrected chi connectivity index (χ3v) is 3.03. The minimum atomic E-state index is 0.191. The normalized spacial score (nSPS) is 10.6. The standard InChI is InChI=1S/C13H21N7O/c1-4-9-7-15-10(21-9)8-16-12-17-11(14)18-13(19-12)20(5-2)6-3/h7H,4-6,8H2,1-3H3,(H3,14,16,17,18,19). The molecule has 0 aromatic carbocycles. The highest BCUT2D eigenvalue weighted by Gasteiger charge is 2.10. The van der Waals surface area contributed by atoms with Gasteiger partial charge in [-0.15, -0.1) is 0 Å². The maximum atomic E-state index is 5.73. The van der Waals surface area contributed by atoms with Gasteiger partial charge in [-0.1, -0.05) is 6.92 Å². The molecule has 0 amide bonds. The molecule has 0 saturated carbocycles. The molecule has 114 valence electrons. The summed E-state index contributed by atoms with van der Waals surface area (Å²) in [5.41, 5.74) is 5.73. The summed E-state index contributed by atoms with van der Waals surface area (Å²) in [5, 5.41) is 3.06. The molecule has 2 heterocycles. The largest absolute Gasteiger partial charge is 0.444 e. The van der Waals surface area contributed by atoms with Crippen LogP contribution in [0.2, 0.25) is 0 Å². The van der Waals surface area contributed by atoms with E-state index in [1.807, 2.05) is 25.7 Å². The first-order chi connectivity index (χ1) is 10.2. The molecule has 0 radical (unpaired) electrons. The summed E-state index contributed by atoms with van der Waals surface area (Å²) >= 11 is 0. The van der Waals surface area contributed by atoms with Gasteiger partial charge in [0.2, 0.25) is 23.7 Å². The molecule has 8 nitrogen and oxygen atoms in total. The van der Waals surface area contributed by atoms with Crippen molar-refractivity contribution in [3.8, 4) is 0 Å². The monoisotopic (exact) mass is 291 g/mol. The van der Waals surface area contributed by atoms with Crippen LogP contribution in [0.15, 0.2) is 10.6 Å². The Morgan fingerprint density at radius 2 is 1.95 bits per heavy atom. The number of hydrogen-bond acceptors (Lipinski definition) is 8. The number of rotatable bonds is 7. The van der Waals surface area contributed by atoms with Crippen molar-refractivity contribution in [2.45, 2.75) is 33.7 Å². The zero-order valence-corrected chi connectivity index (χ0v) is 12.6. The second kappa shape index (κ2) is 6.87. The number of aryl methyl sites for hydroxylation is 1. The van der Waals surface area contributed by atoms with Crippen molar-refractivity contribution in [1.82, 2.24) is 19.9 Å². The number of oxazole rings is 1. The van der Waals surface area contributed by atoms with Crippen LogP contribution in [0.5, 0.6) is 0 Å². The summed E-state index contributed by atoms with van der Waals surface area (Å²) in [4.78, 5) is 18.8. The third kappa shape index (κ3) is 3.80. The third-order valence-electron chi connectivity index (χ3n) is 3.03. The van der Waals surface area contributed by atoms with E-state index < -0.39 is 0 Å². The summed E-state index contributed by atoms with van der Waals surface area (Å²) in [5.74, 6) is 2.62. The van der Waals surface area contributed by atoms with E-state index in [0.29, 0.717) is 24.3 Å². The predicted octanol–water partition coefficient (Wildman–Crippen LogP) is 1.46. The minimum Gasteiger partial charge on any atom is -0.444 e. The summed E-state index contributed by atoms with van der Waals surface area (Å²) < 4.78 is 5.52. The molecule has 0 bridgehead atoms. The number of nitrogens with two attached hydrogens (primary N) is 1. The number of nitrogens with zero attached hydrogens (tertiary/aromatic N) is 5. The first-order valence-corrected chi connectivity index (χ1v) is 7.10. The van der Waals surface area contributed by atoms with E-state index >= 15 is 0 Å². The van der Waals surface area contributed by atoms with Gasteiger partial charge in [0.05, 0.1) is 12.7 Å². The maximum Gasteiger partial charge on any atom is 0.231 e. The molecule has 2 aromatic heterocycles. The predicted molar refractivity (Wildman–Crippen MR) is 81.0 cm³/mol. The van der Waals surface area contributed by atoms with Crippen molar-refractivity contribution in [2.24, 2.45) is 0 Å². The topological polar surface area (TPSA) is 106 Å². The van der Waals surface area contributed by atoms with E-state index in [9.17, 15) is 0 Å². The zero-order valence-electron chi connectivity index (χ0n) is 12.6. The molecule has 0 aliphatic rings. The van der Waals surface area contributed by atoms with Crippen LogP contribution in [0.3, 0.4) is 0 Å². The molecule has 0 spiro atoms. The Morgan fingerprint density at radius 3 is 2.57 bits per heavy atom. The molecule has 0 fully saturated rings. The lowest BCUT2D eigenvalue weighted by molar-refractivity contribution is 0.465. The highest BCUT2D eigenvalue weighted by atomic mass is 16.4. The smallest absolute Gasteiger partial charge is 0.231 e. The van der Waals surface area contributed by atoms with Crippen molar-refractivity contribution in [3.63, 3.8) is 0 Å². The Labute approximate surface area is 123 Å². The van der Waals surface area contributed by atoms with Crippen molar-refractivity contribution in [1.29, 1.82) is 0 Å². The second-order valence-corrected chi connectivity index (χ2v) is 4.42. The summed E-state index contributed by atoms with van der Waals surface area (Å²) in [7, 11) is 0. The lowest BCUT2D eigenvalue weighted by Gasteiger charge is -2.18. The first kappa shape index (κ1) is 15.0.